The second kappa shape index (κ2) is 5.54. The van der Waals surface area contributed by atoms with Gasteiger partial charge in [-0.05, 0) is 41.6 Å². The molecule has 1 N–H and O–H groups in total. The van der Waals surface area contributed by atoms with Crippen LogP contribution in [0, 0.1) is 0 Å². The molecule has 0 saturated heterocycles. The fourth-order valence-corrected chi connectivity index (χ4v) is 4.53. The lowest BCUT2D eigenvalue weighted by Gasteiger charge is -2.12. The van der Waals surface area contributed by atoms with Crippen LogP contribution in [0.1, 0.15) is 10.8 Å². The van der Waals surface area contributed by atoms with Gasteiger partial charge in [-0.15, -0.1) is 11.8 Å². The summed E-state index contributed by atoms with van der Waals surface area (Å²) in [5.74, 6) is 0.0639. The van der Waals surface area contributed by atoms with Crippen molar-refractivity contribution in [2.75, 3.05) is 11.6 Å². The van der Waals surface area contributed by atoms with Gasteiger partial charge >= 0.3 is 0 Å². The highest BCUT2D eigenvalue weighted by Gasteiger charge is 2.32. The summed E-state index contributed by atoms with van der Waals surface area (Å²) >= 11 is 8.60. The largest absolute Gasteiger partial charge is 0.324 e. The number of benzene rings is 2. The van der Waals surface area contributed by atoms with Crippen LogP contribution in [-0.2, 0) is 4.79 Å². The van der Waals surface area contributed by atoms with Crippen LogP contribution < -0.4 is 5.32 Å². The summed E-state index contributed by atoms with van der Waals surface area (Å²) in [5.41, 5.74) is 4.19. The Balaban J connectivity index is 2.21. The first-order valence-corrected chi connectivity index (χ1v) is 8.90. The maximum Gasteiger partial charge on any atom is 0.242 e. The molecule has 1 heterocycles. The Hall–Kier alpha value is -0.780. The van der Waals surface area contributed by atoms with Crippen LogP contribution in [-0.4, -0.2) is 12.2 Å². The van der Waals surface area contributed by atoms with E-state index in [2.05, 4.69) is 55.4 Å². The van der Waals surface area contributed by atoms with Crippen LogP contribution in [0.15, 0.2) is 45.3 Å². The molecule has 2 aromatic carbocycles. The Morgan fingerprint density at radius 2 is 1.85 bits per heavy atom. The number of amides is 1. The second-order valence-corrected chi connectivity index (χ2v) is 7.30. The summed E-state index contributed by atoms with van der Waals surface area (Å²) in [4.78, 5) is 12.0. The van der Waals surface area contributed by atoms with Crippen molar-refractivity contribution in [1.82, 2.24) is 0 Å². The van der Waals surface area contributed by atoms with Crippen molar-refractivity contribution < 1.29 is 4.79 Å². The second-order valence-electron chi connectivity index (χ2n) is 4.53. The average molecular weight is 413 g/mol. The van der Waals surface area contributed by atoms with Gasteiger partial charge < -0.3 is 5.32 Å². The molecule has 1 aliphatic rings. The van der Waals surface area contributed by atoms with Gasteiger partial charge in [0.25, 0.3) is 0 Å². The summed E-state index contributed by atoms with van der Waals surface area (Å²) < 4.78 is 2.02. The number of halogens is 2. The van der Waals surface area contributed by atoms with Gasteiger partial charge in [0.1, 0.15) is 5.25 Å². The topological polar surface area (TPSA) is 29.1 Å². The average Bonchev–Trinajstić information content (AvgIpc) is 2.72. The number of carbonyl (C=O) groups excluding carboxylic acids is 1. The molecule has 1 amide bonds. The molecular weight excluding hydrogens is 402 g/mol. The number of hydrogen-bond acceptors (Lipinski definition) is 2. The standard InChI is InChI=1S/C15H11Br2NOS/c1-20-14-13-11(3-2-4-12(13)18-15(14)19)8-5-9(16)7-10(17)6-8/h2-7,14H,1H3,(H,18,19). The zero-order valence-electron chi connectivity index (χ0n) is 10.6. The van der Waals surface area contributed by atoms with Gasteiger partial charge in [0, 0.05) is 20.2 Å². The van der Waals surface area contributed by atoms with Gasteiger partial charge in [0.05, 0.1) is 0 Å². The molecule has 1 aliphatic heterocycles. The smallest absolute Gasteiger partial charge is 0.242 e. The Bertz CT molecular complexity index is 682. The molecule has 3 rings (SSSR count). The highest BCUT2D eigenvalue weighted by Crippen LogP contribution is 2.45. The van der Waals surface area contributed by atoms with Crippen LogP contribution in [0.25, 0.3) is 11.1 Å². The van der Waals surface area contributed by atoms with Crippen molar-refractivity contribution in [1.29, 1.82) is 0 Å². The lowest BCUT2D eigenvalue weighted by atomic mass is 9.97. The van der Waals surface area contributed by atoms with Crippen molar-refractivity contribution in [3.8, 4) is 11.1 Å². The fraction of sp³-hybridized carbons (Fsp3) is 0.133. The Morgan fingerprint density at radius 1 is 1.15 bits per heavy atom. The van der Waals surface area contributed by atoms with Crippen molar-refractivity contribution in [2.24, 2.45) is 0 Å². The SMILES string of the molecule is CSC1C(=O)Nc2cccc(-c3cc(Br)cc(Br)c3)c21. The van der Waals surface area contributed by atoms with Gasteiger partial charge in [-0.3, -0.25) is 4.79 Å². The maximum absolute atomic E-state index is 12.0. The van der Waals surface area contributed by atoms with Crippen LogP contribution in [0.4, 0.5) is 5.69 Å². The molecule has 0 bridgehead atoms. The minimum absolute atomic E-state index is 0.0639. The quantitative estimate of drug-likeness (QED) is 0.731. The molecule has 0 aromatic heterocycles. The minimum atomic E-state index is -0.140. The van der Waals surface area contributed by atoms with Gasteiger partial charge in [-0.2, -0.15) is 0 Å². The molecule has 0 saturated carbocycles. The molecule has 1 unspecified atom stereocenters. The van der Waals surface area contributed by atoms with E-state index in [0.29, 0.717) is 0 Å². The van der Waals surface area contributed by atoms with Crippen LogP contribution in [0.2, 0.25) is 0 Å². The summed E-state index contributed by atoms with van der Waals surface area (Å²) in [6.45, 7) is 0. The first kappa shape index (κ1) is 14.2. The molecule has 1 atom stereocenters. The highest BCUT2D eigenvalue weighted by molar-refractivity contribution is 9.11. The van der Waals surface area contributed by atoms with E-state index < -0.39 is 0 Å². The first-order chi connectivity index (χ1) is 9.60. The summed E-state index contributed by atoms with van der Waals surface area (Å²) in [5, 5.41) is 2.81. The summed E-state index contributed by atoms with van der Waals surface area (Å²) in [7, 11) is 0. The molecule has 0 aliphatic carbocycles. The maximum atomic E-state index is 12.0. The van der Waals surface area contributed by atoms with E-state index in [9.17, 15) is 4.79 Å². The van der Waals surface area contributed by atoms with E-state index >= 15 is 0 Å². The van der Waals surface area contributed by atoms with Crippen LogP contribution >= 0.6 is 43.6 Å². The normalized spacial score (nSPS) is 16.9. The predicted octanol–water partition coefficient (Wildman–Crippen LogP) is 5.23. The highest BCUT2D eigenvalue weighted by atomic mass is 79.9. The number of thioether (sulfide) groups is 1. The third-order valence-corrected chi connectivity index (χ3v) is 5.11. The lowest BCUT2D eigenvalue weighted by molar-refractivity contribution is -0.115. The monoisotopic (exact) mass is 411 g/mol. The van der Waals surface area contributed by atoms with Crippen molar-refractivity contribution in [3.05, 3.63) is 50.9 Å². The Labute approximate surface area is 138 Å². The van der Waals surface area contributed by atoms with E-state index in [1.54, 1.807) is 11.8 Å². The molecule has 0 fully saturated rings. The van der Waals surface area contributed by atoms with Crippen molar-refractivity contribution in [2.45, 2.75) is 5.25 Å². The fourth-order valence-electron chi connectivity index (χ4n) is 2.47. The zero-order chi connectivity index (χ0) is 14.3. The number of fused-ring (bicyclic) bond motifs is 1. The molecule has 2 nitrogen and oxygen atoms in total. The van der Waals surface area contributed by atoms with Crippen LogP contribution in [0.3, 0.4) is 0 Å². The Morgan fingerprint density at radius 3 is 2.50 bits per heavy atom. The van der Waals surface area contributed by atoms with Gasteiger partial charge in [0.15, 0.2) is 0 Å². The molecular formula is C15H11Br2NOS. The summed E-state index contributed by atoms with van der Waals surface area (Å²) in [6.07, 6.45) is 1.97. The van der Waals surface area contributed by atoms with E-state index in [-0.39, 0.29) is 11.2 Å². The summed E-state index contributed by atoms with van der Waals surface area (Å²) in [6, 6.07) is 12.1. The van der Waals surface area contributed by atoms with Gasteiger partial charge in [-0.25, -0.2) is 0 Å². The van der Waals surface area contributed by atoms with Gasteiger partial charge in [0.2, 0.25) is 5.91 Å². The van der Waals surface area contributed by atoms with E-state index in [0.717, 1.165) is 31.3 Å². The number of nitrogens with one attached hydrogen (secondary N) is 1. The predicted molar refractivity (Wildman–Crippen MR) is 92.2 cm³/mol. The number of rotatable bonds is 2. The molecule has 0 radical (unpaired) electrons. The Kier molecular flexibility index (Phi) is 3.93. The van der Waals surface area contributed by atoms with Crippen molar-refractivity contribution in [3.63, 3.8) is 0 Å². The molecule has 20 heavy (non-hydrogen) atoms. The van der Waals surface area contributed by atoms with E-state index in [1.807, 2.05) is 24.5 Å². The third-order valence-electron chi connectivity index (χ3n) is 3.27. The number of anilines is 1. The first-order valence-electron chi connectivity index (χ1n) is 6.03. The van der Waals surface area contributed by atoms with Gasteiger partial charge in [-0.1, -0.05) is 44.0 Å². The van der Waals surface area contributed by atoms with Crippen LogP contribution in [0.5, 0.6) is 0 Å². The molecule has 5 heteroatoms. The zero-order valence-corrected chi connectivity index (χ0v) is 14.6. The minimum Gasteiger partial charge on any atom is -0.324 e. The lowest BCUT2D eigenvalue weighted by Crippen LogP contribution is -2.08. The van der Waals surface area contributed by atoms with E-state index in [4.69, 9.17) is 0 Å². The molecule has 102 valence electrons. The molecule has 0 spiro atoms. The number of hydrogen-bond donors (Lipinski definition) is 1. The van der Waals surface area contributed by atoms with E-state index in [1.165, 1.54) is 0 Å². The third kappa shape index (κ3) is 2.43. The van der Waals surface area contributed by atoms with Crippen molar-refractivity contribution >= 4 is 55.2 Å². The number of carbonyl (C=O) groups is 1. The molecule has 2 aromatic rings.